The molecule has 0 saturated heterocycles. The number of carbonyl (C=O) groups is 1. The Labute approximate surface area is 158 Å². The minimum absolute atomic E-state index is 0.198. The molecular weight excluding hydrogens is 340 g/mol. The first kappa shape index (κ1) is 17.5. The molecule has 0 fully saturated rings. The summed E-state index contributed by atoms with van der Waals surface area (Å²) in [5, 5.41) is 1.23. The van der Waals surface area contributed by atoms with E-state index < -0.39 is 0 Å². The molecule has 1 N–H and O–H groups in total. The van der Waals surface area contributed by atoms with Crippen molar-refractivity contribution >= 4 is 16.8 Å². The Morgan fingerprint density at radius 3 is 2.70 bits per heavy atom. The fourth-order valence-electron chi connectivity index (χ4n) is 3.62. The molecule has 1 aliphatic heterocycles. The highest BCUT2D eigenvalue weighted by molar-refractivity contribution is 5.86. The van der Waals surface area contributed by atoms with E-state index in [1.807, 2.05) is 41.3 Å². The van der Waals surface area contributed by atoms with Crippen LogP contribution < -0.4 is 9.47 Å². The van der Waals surface area contributed by atoms with Crippen molar-refractivity contribution in [1.29, 1.82) is 0 Å². The van der Waals surface area contributed by atoms with Crippen LogP contribution in [0.2, 0.25) is 0 Å². The number of aromatic amines is 1. The van der Waals surface area contributed by atoms with Crippen LogP contribution in [-0.2, 0) is 17.8 Å². The van der Waals surface area contributed by atoms with E-state index in [4.69, 9.17) is 9.47 Å². The summed E-state index contributed by atoms with van der Waals surface area (Å²) in [4.78, 5) is 18.1. The summed E-state index contributed by atoms with van der Waals surface area (Å²) in [5.74, 6) is 1.80. The fraction of sp³-hybridized carbons (Fsp3) is 0.318. The van der Waals surface area contributed by atoms with Gasteiger partial charge in [-0.2, -0.15) is 0 Å². The number of benzene rings is 2. The van der Waals surface area contributed by atoms with Gasteiger partial charge in [-0.3, -0.25) is 4.79 Å². The van der Waals surface area contributed by atoms with Gasteiger partial charge in [-0.15, -0.1) is 0 Å². The van der Waals surface area contributed by atoms with E-state index in [1.165, 1.54) is 16.6 Å². The molecular formula is C22H24N2O3. The monoisotopic (exact) mass is 364 g/mol. The van der Waals surface area contributed by atoms with Crippen LogP contribution in [0.3, 0.4) is 0 Å². The minimum Gasteiger partial charge on any atom is -0.497 e. The minimum atomic E-state index is 0.198. The average Bonchev–Trinajstić information content (AvgIpc) is 3.09. The van der Waals surface area contributed by atoms with Gasteiger partial charge in [-0.05, 0) is 36.8 Å². The molecule has 140 valence electrons. The maximum absolute atomic E-state index is 12.6. The Balaban J connectivity index is 1.29. The van der Waals surface area contributed by atoms with Gasteiger partial charge >= 0.3 is 0 Å². The molecule has 0 aliphatic carbocycles. The topological polar surface area (TPSA) is 54.6 Å². The zero-order chi connectivity index (χ0) is 18.6. The highest BCUT2D eigenvalue weighted by Crippen LogP contribution is 2.28. The highest BCUT2D eigenvalue weighted by Gasteiger charge is 2.23. The van der Waals surface area contributed by atoms with Crippen molar-refractivity contribution in [2.24, 2.45) is 0 Å². The highest BCUT2D eigenvalue weighted by atomic mass is 16.5. The Hall–Kier alpha value is -2.95. The summed E-state index contributed by atoms with van der Waals surface area (Å²) >= 11 is 0. The standard InChI is InChI=1S/C22H24N2O3/c1-26-16-8-10-17(11-9-16)27-14-4-7-22(25)24-13-12-21-19(15-24)18-5-2-3-6-20(18)23-21/h2-3,5-6,8-11,23H,4,7,12-15H2,1H3. The second-order valence-electron chi connectivity index (χ2n) is 6.82. The first-order chi connectivity index (χ1) is 13.2. The average molecular weight is 364 g/mol. The van der Waals surface area contributed by atoms with Crippen LogP contribution >= 0.6 is 0 Å². The van der Waals surface area contributed by atoms with Crippen molar-refractivity contribution < 1.29 is 14.3 Å². The molecule has 0 atom stereocenters. The van der Waals surface area contributed by atoms with Crippen molar-refractivity contribution in [3.05, 3.63) is 59.8 Å². The van der Waals surface area contributed by atoms with Gasteiger partial charge in [-0.1, -0.05) is 18.2 Å². The maximum Gasteiger partial charge on any atom is 0.223 e. The molecule has 27 heavy (non-hydrogen) atoms. The van der Waals surface area contributed by atoms with Gasteiger partial charge in [0.15, 0.2) is 0 Å². The number of fused-ring (bicyclic) bond motifs is 3. The Bertz CT molecular complexity index is 930. The second kappa shape index (κ2) is 7.74. The molecule has 0 radical (unpaired) electrons. The third-order valence-corrected chi connectivity index (χ3v) is 5.10. The molecule has 1 amide bonds. The van der Waals surface area contributed by atoms with Gasteiger partial charge in [-0.25, -0.2) is 0 Å². The van der Waals surface area contributed by atoms with E-state index in [-0.39, 0.29) is 5.91 Å². The lowest BCUT2D eigenvalue weighted by atomic mass is 10.0. The van der Waals surface area contributed by atoms with E-state index >= 15 is 0 Å². The quantitative estimate of drug-likeness (QED) is 0.675. The second-order valence-corrected chi connectivity index (χ2v) is 6.82. The number of rotatable bonds is 6. The van der Waals surface area contributed by atoms with Crippen molar-refractivity contribution in [2.45, 2.75) is 25.8 Å². The molecule has 1 aliphatic rings. The largest absolute Gasteiger partial charge is 0.497 e. The van der Waals surface area contributed by atoms with Crippen LogP contribution in [0.4, 0.5) is 0 Å². The van der Waals surface area contributed by atoms with E-state index in [0.717, 1.165) is 30.0 Å². The number of para-hydroxylation sites is 1. The molecule has 5 nitrogen and oxygen atoms in total. The van der Waals surface area contributed by atoms with E-state index in [1.54, 1.807) is 7.11 Å². The molecule has 4 rings (SSSR count). The summed E-state index contributed by atoms with van der Waals surface area (Å²) in [5.41, 5.74) is 3.69. The zero-order valence-electron chi connectivity index (χ0n) is 15.5. The molecule has 1 aromatic heterocycles. The Morgan fingerprint density at radius 1 is 1.11 bits per heavy atom. The van der Waals surface area contributed by atoms with Gasteiger partial charge in [0.2, 0.25) is 5.91 Å². The number of hydrogen-bond acceptors (Lipinski definition) is 3. The number of H-pyrrole nitrogens is 1. The van der Waals surface area contributed by atoms with E-state index in [0.29, 0.717) is 26.0 Å². The summed E-state index contributed by atoms with van der Waals surface area (Å²) in [7, 11) is 1.64. The Kier molecular flexibility index (Phi) is 5.01. The number of nitrogens with one attached hydrogen (secondary N) is 1. The summed E-state index contributed by atoms with van der Waals surface area (Å²) in [6.45, 7) is 2.00. The van der Waals surface area contributed by atoms with Crippen LogP contribution in [0, 0.1) is 0 Å². The van der Waals surface area contributed by atoms with Crippen molar-refractivity contribution in [3.8, 4) is 11.5 Å². The van der Waals surface area contributed by atoms with Gasteiger partial charge in [0.25, 0.3) is 0 Å². The van der Waals surface area contributed by atoms with Crippen molar-refractivity contribution in [1.82, 2.24) is 9.88 Å². The molecule has 2 aromatic carbocycles. The van der Waals surface area contributed by atoms with Crippen LogP contribution in [-0.4, -0.2) is 36.1 Å². The van der Waals surface area contributed by atoms with Gasteiger partial charge in [0.05, 0.1) is 13.7 Å². The zero-order valence-corrected chi connectivity index (χ0v) is 15.5. The smallest absolute Gasteiger partial charge is 0.223 e. The van der Waals surface area contributed by atoms with Gasteiger partial charge in [0, 0.05) is 48.1 Å². The first-order valence-corrected chi connectivity index (χ1v) is 9.37. The third kappa shape index (κ3) is 3.77. The predicted octanol–water partition coefficient (Wildman–Crippen LogP) is 3.92. The molecule has 2 heterocycles. The SMILES string of the molecule is COc1ccc(OCCCC(=O)N2CCc3[nH]c4ccccc4c3C2)cc1. The summed E-state index contributed by atoms with van der Waals surface area (Å²) in [6, 6.07) is 15.8. The molecule has 0 unspecified atom stereocenters. The van der Waals surface area contributed by atoms with Crippen LogP contribution in [0.25, 0.3) is 10.9 Å². The number of ether oxygens (including phenoxy) is 2. The molecule has 0 bridgehead atoms. The number of nitrogens with zero attached hydrogens (tertiary/aromatic N) is 1. The van der Waals surface area contributed by atoms with Gasteiger partial charge in [0.1, 0.15) is 11.5 Å². The number of aromatic nitrogens is 1. The molecule has 0 saturated carbocycles. The number of carbonyl (C=O) groups excluding carboxylic acids is 1. The predicted molar refractivity (Wildman–Crippen MR) is 105 cm³/mol. The molecule has 3 aromatic rings. The number of hydrogen-bond donors (Lipinski definition) is 1. The van der Waals surface area contributed by atoms with Gasteiger partial charge < -0.3 is 19.4 Å². The summed E-state index contributed by atoms with van der Waals surface area (Å²) in [6.07, 6.45) is 2.11. The Morgan fingerprint density at radius 2 is 1.89 bits per heavy atom. The third-order valence-electron chi connectivity index (χ3n) is 5.10. The van der Waals surface area contributed by atoms with E-state index in [9.17, 15) is 4.79 Å². The molecule has 5 heteroatoms. The fourth-order valence-corrected chi connectivity index (χ4v) is 3.62. The number of methoxy groups -OCH3 is 1. The van der Waals surface area contributed by atoms with Crippen LogP contribution in [0.1, 0.15) is 24.1 Å². The lowest BCUT2D eigenvalue weighted by molar-refractivity contribution is -0.132. The van der Waals surface area contributed by atoms with Crippen LogP contribution in [0.5, 0.6) is 11.5 Å². The molecule has 0 spiro atoms. The van der Waals surface area contributed by atoms with Crippen molar-refractivity contribution in [3.63, 3.8) is 0 Å². The normalized spacial score (nSPS) is 13.4. The lowest BCUT2D eigenvalue weighted by Gasteiger charge is -2.27. The van der Waals surface area contributed by atoms with Crippen LogP contribution in [0.15, 0.2) is 48.5 Å². The van der Waals surface area contributed by atoms with E-state index in [2.05, 4.69) is 17.1 Å². The summed E-state index contributed by atoms with van der Waals surface area (Å²) < 4.78 is 10.8. The first-order valence-electron chi connectivity index (χ1n) is 9.37. The number of amides is 1. The lowest BCUT2D eigenvalue weighted by Crippen LogP contribution is -2.35. The maximum atomic E-state index is 12.6. The van der Waals surface area contributed by atoms with Crippen molar-refractivity contribution in [2.75, 3.05) is 20.3 Å².